The van der Waals surface area contributed by atoms with Crippen molar-refractivity contribution in [2.24, 2.45) is 0 Å². The Bertz CT molecular complexity index is 619. The molecule has 2 heterocycles. The van der Waals surface area contributed by atoms with E-state index in [9.17, 15) is 9.90 Å². The van der Waals surface area contributed by atoms with Gasteiger partial charge in [-0.1, -0.05) is 0 Å². The minimum absolute atomic E-state index is 0.519. The first-order valence-corrected chi connectivity index (χ1v) is 6.97. The predicted octanol–water partition coefficient (Wildman–Crippen LogP) is 1.57. The smallest absolute Gasteiger partial charge is 0.315 e. The maximum absolute atomic E-state index is 11.2. The highest BCUT2D eigenvalue weighted by Crippen LogP contribution is 2.29. The molecule has 0 amide bonds. The first kappa shape index (κ1) is 14.4. The van der Waals surface area contributed by atoms with Crippen LogP contribution in [-0.4, -0.2) is 38.3 Å². The SMILES string of the molecule is Cc1nc(CN(C)c2nc(C(C)(C)C(=O)O)cs2)n[nH]1. The number of carbonyl (C=O) groups is 1. The van der Waals surface area contributed by atoms with Gasteiger partial charge in [0.25, 0.3) is 0 Å². The van der Waals surface area contributed by atoms with Crippen molar-refractivity contribution in [3.63, 3.8) is 0 Å². The standard InChI is InChI=1S/C12H17N5O2S/c1-7-13-9(16-15-7)5-17(4)11-14-8(6-20-11)12(2,3)10(18)19/h6H,5H2,1-4H3,(H,18,19)(H,13,15,16). The average Bonchev–Trinajstić information content (AvgIpc) is 2.98. The summed E-state index contributed by atoms with van der Waals surface area (Å²) in [5.41, 5.74) is -0.431. The van der Waals surface area contributed by atoms with Gasteiger partial charge in [-0.25, -0.2) is 9.97 Å². The van der Waals surface area contributed by atoms with Crippen molar-refractivity contribution in [2.45, 2.75) is 32.7 Å². The molecule has 0 saturated carbocycles. The monoisotopic (exact) mass is 295 g/mol. The van der Waals surface area contributed by atoms with E-state index in [1.54, 1.807) is 19.2 Å². The Balaban J connectivity index is 2.14. The molecule has 20 heavy (non-hydrogen) atoms. The summed E-state index contributed by atoms with van der Waals surface area (Å²) in [5, 5.41) is 18.6. The van der Waals surface area contributed by atoms with Crippen LogP contribution in [0.4, 0.5) is 5.13 Å². The van der Waals surface area contributed by atoms with Gasteiger partial charge in [-0.05, 0) is 20.8 Å². The Hall–Kier alpha value is -1.96. The van der Waals surface area contributed by atoms with Crippen molar-refractivity contribution in [3.8, 4) is 0 Å². The highest BCUT2D eigenvalue weighted by atomic mass is 32.1. The van der Waals surface area contributed by atoms with Crippen molar-refractivity contribution >= 4 is 22.4 Å². The minimum atomic E-state index is -0.989. The van der Waals surface area contributed by atoms with Crippen molar-refractivity contribution in [3.05, 3.63) is 22.7 Å². The van der Waals surface area contributed by atoms with E-state index >= 15 is 0 Å². The first-order valence-electron chi connectivity index (χ1n) is 6.09. The summed E-state index contributed by atoms with van der Waals surface area (Å²) in [5.74, 6) is 0.557. The molecule has 0 radical (unpaired) electrons. The minimum Gasteiger partial charge on any atom is -0.481 e. The molecule has 108 valence electrons. The number of carboxylic acid groups (broad SMARTS) is 1. The van der Waals surface area contributed by atoms with Crippen LogP contribution in [-0.2, 0) is 16.8 Å². The molecule has 2 N–H and O–H groups in total. The second-order valence-corrected chi connectivity index (χ2v) is 5.98. The topological polar surface area (TPSA) is 95.0 Å². The number of aromatic nitrogens is 4. The number of anilines is 1. The average molecular weight is 295 g/mol. The molecular formula is C12H17N5O2S. The van der Waals surface area contributed by atoms with Gasteiger partial charge in [0.2, 0.25) is 0 Å². The van der Waals surface area contributed by atoms with Crippen LogP contribution in [0.25, 0.3) is 0 Å². The zero-order valence-corrected chi connectivity index (χ0v) is 12.7. The Labute approximate surface area is 120 Å². The van der Waals surface area contributed by atoms with Gasteiger partial charge in [0.05, 0.1) is 12.2 Å². The highest BCUT2D eigenvalue weighted by Gasteiger charge is 2.32. The number of nitrogens with zero attached hydrogens (tertiary/aromatic N) is 4. The van der Waals surface area contributed by atoms with Gasteiger partial charge in [0, 0.05) is 12.4 Å². The van der Waals surface area contributed by atoms with E-state index in [0.29, 0.717) is 18.1 Å². The zero-order valence-electron chi connectivity index (χ0n) is 11.8. The van der Waals surface area contributed by atoms with E-state index in [1.165, 1.54) is 11.3 Å². The maximum Gasteiger partial charge on any atom is 0.315 e. The fourth-order valence-electron chi connectivity index (χ4n) is 1.58. The third kappa shape index (κ3) is 2.79. The molecular weight excluding hydrogens is 278 g/mol. The third-order valence-corrected chi connectivity index (χ3v) is 3.97. The summed E-state index contributed by atoms with van der Waals surface area (Å²) in [4.78, 5) is 21.8. The zero-order chi connectivity index (χ0) is 14.9. The number of nitrogens with one attached hydrogen (secondary N) is 1. The van der Waals surface area contributed by atoms with Crippen molar-refractivity contribution in [1.82, 2.24) is 20.2 Å². The molecule has 0 atom stereocenters. The first-order chi connectivity index (χ1) is 9.30. The van der Waals surface area contributed by atoms with Crippen LogP contribution in [0.5, 0.6) is 0 Å². The summed E-state index contributed by atoms with van der Waals surface area (Å²) >= 11 is 1.41. The summed E-state index contributed by atoms with van der Waals surface area (Å²) in [6, 6.07) is 0. The number of hydrogen-bond acceptors (Lipinski definition) is 6. The molecule has 0 aliphatic heterocycles. The lowest BCUT2D eigenvalue weighted by atomic mass is 9.90. The van der Waals surface area contributed by atoms with Crippen LogP contribution >= 0.6 is 11.3 Å². The molecule has 0 aliphatic carbocycles. The fourth-order valence-corrected chi connectivity index (χ4v) is 2.54. The van der Waals surface area contributed by atoms with Crippen molar-refractivity contribution < 1.29 is 9.90 Å². The van der Waals surface area contributed by atoms with Crippen LogP contribution in [0, 0.1) is 6.92 Å². The lowest BCUT2D eigenvalue weighted by Gasteiger charge is -2.17. The van der Waals surface area contributed by atoms with Crippen molar-refractivity contribution in [1.29, 1.82) is 0 Å². The van der Waals surface area contributed by atoms with E-state index in [0.717, 1.165) is 11.0 Å². The lowest BCUT2D eigenvalue weighted by molar-refractivity contribution is -0.142. The van der Waals surface area contributed by atoms with Crippen LogP contribution in [0.1, 0.15) is 31.2 Å². The van der Waals surface area contributed by atoms with E-state index in [4.69, 9.17) is 0 Å². The van der Waals surface area contributed by atoms with E-state index < -0.39 is 11.4 Å². The maximum atomic E-state index is 11.2. The van der Waals surface area contributed by atoms with Crippen LogP contribution in [0.15, 0.2) is 5.38 Å². The van der Waals surface area contributed by atoms with Crippen LogP contribution in [0.2, 0.25) is 0 Å². The number of rotatable bonds is 5. The molecule has 2 aromatic rings. The molecule has 0 bridgehead atoms. The largest absolute Gasteiger partial charge is 0.481 e. The van der Waals surface area contributed by atoms with Gasteiger partial charge in [0.1, 0.15) is 11.2 Å². The van der Waals surface area contributed by atoms with Gasteiger partial charge in [-0.15, -0.1) is 11.3 Å². The normalized spacial score (nSPS) is 11.6. The number of thiazole rings is 1. The highest BCUT2D eigenvalue weighted by molar-refractivity contribution is 7.13. The van der Waals surface area contributed by atoms with Gasteiger partial charge in [-0.2, -0.15) is 5.10 Å². The van der Waals surface area contributed by atoms with E-state index in [2.05, 4.69) is 20.2 Å². The Morgan fingerprint density at radius 3 is 2.75 bits per heavy atom. The summed E-state index contributed by atoms with van der Waals surface area (Å²) in [6.45, 7) is 5.65. The van der Waals surface area contributed by atoms with Crippen molar-refractivity contribution in [2.75, 3.05) is 11.9 Å². The van der Waals surface area contributed by atoms with Crippen LogP contribution < -0.4 is 4.90 Å². The second-order valence-electron chi connectivity index (χ2n) is 5.14. The molecule has 0 fully saturated rings. The predicted molar refractivity (Wildman–Crippen MR) is 76.0 cm³/mol. The number of aromatic amines is 1. The molecule has 8 heteroatoms. The van der Waals surface area contributed by atoms with E-state index in [1.807, 2.05) is 18.9 Å². The molecule has 0 aliphatic rings. The van der Waals surface area contributed by atoms with E-state index in [-0.39, 0.29) is 0 Å². The number of hydrogen-bond donors (Lipinski definition) is 2. The molecule has 2 rings (SSSR count). The number of carboxylic acids is 1. The van der Waals surface area contributed by atoms with Gasteiger partial charge >= 0.3 is 5.97 Å². The molecule has 2 aromatic heterocycles. The third-order valence-electron chi connectivity index (χ3n) is 3.02. The molecule has 0 unspecified atom stereocenters. The Morgan fingerprint density at radius 2 is 2.20 bits per heavy atom. The van der Waals surface area contributed by atoms with Gasteiger partial charge < -0.3 is 10.0 Å². The second kappa shape index (κ2) is 5.20. The quantitative estimate of drug-likeness (QED) is 0.869. The lowest BCUT2D eigenvalue weighted by Crippen LogP contribution is -2.29. The fraction of sp³-hybridized carbons (Fsp3) is 0.500. The summed E-state index contributed by atoms with van der Waals surface area (Å²) in [6.07, 6.45) is 0. The molecule has 0 spiro atoms. The Kier molecular flexibility index (Phi) is 3.76. The van der Waals surface area contributed by atoms with Gasteiger partial charge in [0.15, 0.2) is 11.0 Å². The number of aryl methyl sites for hydroxylation is 1. The van der Waals surface area contributed by atoms with Crippen LogP contribution in [0.3, 0.4) is 0 Å². The Morgan fingerprint density at radius 1 is 1.50 bits per heavy atom. The molecule has 0 aromatic carbocycles. The summed E-state index contributed by atoms with van der Waals surface area (Å²) in [7, 11) is 1.88. The van der Waals surface area contributed by atoms with Gasteiger partial charge in [-0.3, -0.25) is 9.89 Å². The summed E-state index contributed by atoms with van der Waals surface area (Å²) < 4.78 is 0. The number of H-pyrrole nitrogens is 1. The molecule has 0 saturated heterocycles. The molecule has 7 nitrogen and oxygen atoms in total. The number of aliphatic carboxylic acids is 1.